The molecule has 1 aliphatic carbocycles. The summed E-state index contributed by atoms with van der Waals surface area (Å²) in [5.41, 5.74) is 1.21. The first-order chi connectivity index (χ1) is 11.8. The van der Waals surface area contributed by atoms with Crippen molar-refractivity contribution in [2.24, 2.45) is 0 Å². The van der Waals surface area contributed by atoms with Crippen molar-refractivity contribution < 1.29 is 9.53 Å². The van der Waals surface area contributed by atoms with Gasteiger partial charge in [0.15, 0.2) is 0 Å². The number of nitrogens with zero attached hydrogens (tertiary/aromatic N) is 5. The van der Waals surface area contributed by atoms with Crippen molar-refractivity contribution >= 4 is 5.91 Å². The monoisotopic (exact) mass is 333 g/mol. The normalized spacial score (nSPS) is 22.2. The molecular formula is C17H27N5O2. The first-order valence-electron chi connectivity index (χ1n) is 8.92. The highest BCUT2D eigenvalue weighted by Crippen LogP contribution is 2.21. The smallest absolute Gasteiger partial charge is 0.240 e. The molecule has 0 aromatic carbocycles. The fraction of sp³-hybridized carbons (Fsp3) is 0.706. The van der Waals surface area contributed by atoms with Crippen molar-refractivity contribution in [1.29, 1.82) is 0 Å². The van der Waals surface area contributed by atoms with Crippen molar-refractivity contribution in [1.82, 2.24) is 24.6 Å². The molecule has 0 saturated carbocycles. The summed E-state index contributed by atoms with van der Waals surface area (Å²) >= 11 is 0. The lowest BCUT2D eigenvalue weighted by atomic mass is 10.0. The van der Waals surface area contributed by atoms with E-state index in [4.69, 9.17) is 4.74 Å². The summed E-state index contributed by atoms with van der Waals surface area (Å²) < 4.78 is 7.58. The van der Waals surface area contributed by atoms with E-state index in [1.807, 2.05) is 4.90 Å². The molecule has 132 valence electrons. The molecule has 1 aliphatic heterocycles. The van der Waals surface area contributed by atoms with Gasteiger partial charge in [0.2, 0.25) is 5.91 Å². The molecule has 1 aromatic rings. The van der Waals surface area contributed by atoms with Gasteiger partial charge in [0.05, 0.1) is 25.8 Å². The summed E-state index contributed by atoms with van der Waals surface area (Å²) in [7, 11) is 0. The largest absolute Gasteiger partial charge is 0.374 e. The van der Waals surface area contributed by atoms with E-state index in [0.717, 1.165) is 32.5 Å². The van der Waals surface area contributed by atoms with Gasteiger partial charge in [-0.15, -0.1) is 0 Å². The highest BCUT2D eigenvalue weighted by atomic mass is 16.5. The second-order valence-electron chi connectivity index (χ2n) is 6.42. The molecule has 1 atom stereocenters. The summed E-state index contributed by atoms with van der Waals surface area (Å²) in [6.45, 7) is 6.15. The lowest BCUT2D eigenvalue weighted by molar-refractivity contribution is -0.132. The van der Waals surface area contributed by atoms with E-state index in [1.54, 1.807) is 11.0 Å². The summed E-state index contributed by atoms with van der Waals surface area (Å²) in [5.74, 6) is 0.201. The van der Waals surface area contributed by atoms with Gasteiger partial charge in [-0.2, -0.15) is 5.10 Å². The van der Waals surface area contributed by atoms with Crippen LogP contribution in [-0.2, 0) is 16.1 Å². The van der Waals surface area contributed by atoms with Crippen LogP contribution < -0.4 is 0 Å². The third-order valence-corrected chi connectivity index (χ3v) is 4.67. The van der Waals surface area contributed by atoms with Gasteiger partial charge in [-0.05, 0) is 32.6 Å². The van der Waals surface area contributed by atoms with Crippen molar-refractivity contribution in [3.8, 4) is 0 Å². The molecular weight excluding hydrogens is 306 g/mol. The Morgan fingerprint density at radius 1 is 1.46 bits per heavy atom. The van der Waals surface area contributed by atoms with Crippen LogP contribution in [0.3, 0.4) is 0 Å². The Bertz CT molecular complexity index is 557. The Morgan fingerprint density at radius 2 is 2.38 bits per heavy atom. The topological polar surface area (TPSA) is 63.5 Å². The number of aromatic nitrogens is 3. The molecule has 7 nitrogen and oxygen atoms in total. The van der Waals surface area contributed by atoms with Crippen LogP contribution in [-0.4, -0.2) is 69.4 Å². The summed E-state index contributed by atoms with van der Waals surface area (Å²) in [5, 5.41) is 4.12. The maximum atomic E-state index is 12.7. The number of ether oxygens (including phenoxy) is 1. The molecule has 7 heteroatoms. The average Bonchev–Trinajstić information content (AvgIpc) is 3.10. The number of amides is 1. The standard InChI is InChI=1S/C17H27N5O2/c1-2-22(15-6-4-3-5-7-15)17(23)12-20-8-9-24-16(10-20)11-21-14-18-13-19-21/h6,13-14,16H,2-5,7-12H2,1H3. The number of carbonyl (C=O) groups excluding carboxylic acids is 1. The number of carbonyl (C=O) groups is 1. The Morgan fingerprint density at radius 3 is 3.08 bits per heavy atom. The van der Waals surface area contributed by atoms with Gasteiger partial charge in [-0.1, -0.05) is 6.08 Å². The minimum absolute atomic E-state index is 0.0530. The quantitative estimate of drug-likeness (QED) is 0.785. The van der Waals surface area contributed by atoms with Gasteiger partial charge in [0.1, 0.15) is 12.7 Å². The predicted molar refractivity (Wildman–Crippen MR) is 90.1 cm³/mol. The Hall–Kier alpha value is -1.73. The van der Waals surface area contributed by atoms with Crippen LogP contribution in [0.2, 0.25) is 0 Å². The first kappa shape index (κ1) is 17.1. The highest BCUT2D eigenvalue weighted by Gasteiger charge is 2.25. The number of likely N-dealkylation sites (N-methyl/N-ethyl adjacent to an activating group) is 1. The van der Waals surface area contributed by atoms with Crippen molar-refractivity contribution in [2.75, 3.05) is 32.8 Å². The number of morpholine rings is 1. The summed E-state index contributed by atoms with van der Waals surface area (Å²) in [6, 6.07) is 0. The Balaban J connectivity index is 1.53. The molecule has 0 radical (unpaired) electrons. The maximum absolute atomic E-state index is 12.7. The molecule has 3 rings (SSSR count). The van der Waals surface area contributed by atoms with Crippen LogP contribution in [0.4, 0.5) is 0 Å². The van der Waals surface area contributed by atoms with Crippen molar-refractivity contribution in [3.63, 3.8) is 0 Å². The zero-order chi connectivity index (χ0) is 16.8. The first-order valence-corrected chi connectivity index (χ1v) is 8.92. The van der Waals surface area contributed by atoms with E-state index in [-0.39, 0.29) is 12.0 Å². The Labute approximate surface area is 143 Å². The van der Waals surface area contributed by atoms with Gasteiger partial charge in [0, 0.05) is 25.3 Å². The van der Waals surface area contributed by atoms with Crippen LogP contribution in [0.25, 0.3) is 0 Å². The number of allylic oxidation sites excluding steroid dienone is 2. The van der Waals surface area contributed by atoms with Crippen LogP contribution in [0, 0.1) is 0 Å². The fourth-order valence-electron chi connectivity index (χ4n) is 3.45. The predicted octanol–water partition coefficient (Wildman–Crippen LogP) is 1.29. The lowest BCUT2D eigenvalue weighted by Gasteiger charge is -2.34. The second-order valence-corrected chi connectivity index (χ2v) is 6.42. The lowest BCUT2D eigenvalue weighted by Crippen LogP contribution is -2.48. The van der Waals surface area contributed by atoms with Crippen molar-refractivity contribution in [3.05, 3.63) is 24.4 Å². The zero-order valence-electron chi connectivity index (χ0n) is 14.4. The van der Waals surface area contributed by atoms with E-state index in [1.165, 1.54) is 24.9 Å². The van der Waals surface area contributed by atoms with E-state index >= 15 is 0 Å². The third-order valence-electron chi connectivity index (χ3n) is 4.67. The molecule has 1 unspecified atom stereocenters. The van der Waals surface area contributed by atoms with E-state index in [9.17, 15) is 4.79 Å². The molecule has 1 saturated heterocycles. The number of hydrogen-bond donors (Lipinski definition) is 0. The third kappa shape index (κ3) is 4.42. The van der Waals surface area contributed by atoms with Gasteiger partial charge < -0.3 is 9.64 Å². The van der Waals surface area contributed by atoms with E-state index < -0.39 is 0 Å². The molecule has 24 heavy (non-hydrogen) atoms. The van der Waals surface area contributed by atoms with Crippen molar-refractivity contribution in [2.45, 2.75) is 45.3 Å². The van der Waals surface area contributed by atoms with Gasteiger partial charge >= 0.3 is 0 Å². The minimum Gasteiger partial charge on any atom is -0.374 e. The van der Waals surface area contributed by atoms with Gasteiger partial charge in [-0.25, -0.2) is 4.98 Å². The minimum atomic E-state index is 0.0530. The van der Waals surface area contributed by atoms with Crippen LogP contribution in [0.5, 0.6) is 0 Å². The van der Waals surface area contributed by atoms with Crippen LogP contribution >= 0.6 is 0 Å². The molecule has 0 bridgehead atoms. The maximum Gasteiger partial charge on any atom is 0.240 e. The molecule has 1 aromatic heterocycles. The van der Waals surface area contributed by atoms with Crippen LogP contribution in [0.1, 0.15) is 32.6 Å². The van der Waals surface area contributed by atoms with E-state index in [2.05, 4.69) is 28.0 Å². The van der Waals surface area contributed by atoms with Gasteiger partial charge in [0.25, 0.3) is 0 Å². The highest BCUT2D eigenvalue weighted by molar-refractivity contribution is 5.80. The Kier molecular flexibility index (Phi) is 5.98. The zero-order valence-corrected chi connectivity index (χ0v) is 14.4. The SMILES string of the molecule is CCN(C(=O)CN1CCOC(Cn2cncn2)C1)C1=CCCCC1. The molecule has 1 amide bonds. The molecule has 2 heterocycles. The molecule has 0 N–H and O–H groups in total. The summed E-state index contributed by atoms with van der Waals surface area (Å²) in [6.07, 6.45) is 10.1. The van der Waals surface area contributed by atoms with E-state index in [0.29, 0.717) is 19.7 Å². The number of rotatable bonds is 6. The van der Waals surface area contributed by atoms with Crippen LogP contribution in [0.15, 0.2) is 24.4 Å². The van der Waals surface area contributed by atoms with Gasteiger partial charge in [-0.3, -0.25) is 14.4 Å². The second kappa shape index (κ2) is 8.39. The summed E-state index contributed by atoms with van der Waals surface area (Å²) in [4.78, 5) is 20.9. The fourth-order valence-corrected chi connectivity index (χ4v) is 3.45. The molecule has 0 spiro atoms. The number of hydrogen-bond acceptors (Lipinski definition) is 5. The molecule has 2 aliphatic rings. The molecule has 1 fully saturated rings. The average molecular weight is 333 g/mol.